The molecule has 1 amide bonds. The van der Waals surface area contributed by atoms with Crippen LogP contribution in [-0.4, -0.2) is 18.2 Å². The Balaban J connectivity index is 1.71. The standard InChI is InChI=1S/C24H20Br2N2O2/c1-17-14-20(25)15-21(26)24(17)30-16-23(29)28-27-22(19-10-6-3-7-11-19)13-12-18-8-4-2-5-9-18/h2-15H,16H2,1H3,(H,28,29). The van der Waals surface area contributed by atoms with Crippen LogP contribution < -0.4 is 10.2 Å². The summed E-state index contributed by atoms with van der Waals surface area (Å²) in [4.78, 5) is 12.3. The van der Waals surface area contributed by atoms with Gasteiger partial charge in [0.15, 0.2) is 6.61 Å². The average Bonchev–Trinajstić information content (AvgIpc) is 2.74. The van der Waals surface area contributed by atoms with Gasteiger partial charge in [-0.05, 0) is 52.2 Å². The number of rotatable bonds is 7. The molecule has 6 heteroatoms. The summed E-state index contributed by atoms with van der Waals surface area (Å²) in [5.74, 6) is 0.287. The molecule has 0 fully saturated rings. The molecule has 0 aliphatic heterocycles. The van der Waals surface area contributed by atoms with Crippen molar-refractivity contribution in [1.82, 2.24) is 5.43 Å². The number of carbonyl (C=O) groups excluding carboxylic acids is 1. The fourth-order valence-corrected chi connectivity index (χ4v) is 4.26. The lowest BCUT2D eigenvalue weighted by atomic mass is 10.1. The number of halogens is 2. The van der Waals surface area contributed by atoms with Crippen molar-refractivity contribution in [2.24, 2.45) is 5.10 Å². The number of ether oxygens (including phenoxy) is 1. The smallest absolute Gasteiger partial charge is 0.277 e. The third kappa shape index (κ3) is 6.40. The summed E-state index contributed by atoms with van der Waals surface area (Å²) in [5, 5.41) is 4.31. The van der Waals surface area contributed by atoms with Gasteiger partial charge in [0.05, 0.1) is 10.2 Å². The van der Waals surface area contributed by atoms with E-state index in [0.29, 0.717) is 11.5 Å². The Hall–Kier alpha value is -2.70. The van der Waals surface area contributed by atoms with Crippen molar-refractivity contribution in [3.05, 3.63) is 105 Å². The van der Waals surface area contributed by atoms with E-state index in [1.807, 2.05) is 91.9 Å². The average molecular weight is 528 g/mol. The van der Waals surface area contributed by atoms with Crippen LogP contribution in [0.5, 0.6) is 5.75 Å². The van der Waals surface area contributed by atoms with Crippen LogP contribution in [0.2, 0.25) is 0 Å². The number of hydrazone groups is 1. The van der Waals surface area contributed by atoms with E-state index >= 15 is 0 Å². The minimum Gasteiger partial charge on any atom is -0.482 e. The highest BCUT2D eigenvalue weighted by Crippen LogP contribution is 2.32. The second kappa shape index (κ2) is 10.9. The first-order chi connectivity index (χ1) is 14.5. The van der Waals surface area contributed by atoms with Gasteiger partial charge >= 0.3 is 0 Å². The summed E-state index contributed by atoms with van der Waals surface area (Å²) in [7, 11) is 0. The van der Waals surface area contributed by atoms with Gasteiger partial charge in [-0.3, -0.25) is 4.79 Å². The molecule has 30 heavy (non-hydrogen) atoms. The molecule has 0 unspecified atom stereocenters. The van der Waals surface area contributed by atoms with Gasteiger partial charge in [-0.2, -0.15) is 5.10 Å². The molecule has 0 bridgehead atoms. The van der Waals surface area contributed by atoms with E-state index in [0.717, 1.165) is 25.6 Å². The van der Waals surface area contributed by atoms with Crippen molar-refractivity contribution >= 4 is 49.6 Å². The summed E-state index contributed by atoms with van der Waals surface area (Å²) in [6.07, 6.45) is 3.83. The van der Waals surface area contributed by atoms with E-state index in [2.05, 4.69) is 42.4 Å². The first-order valence-electron chi connectivity index (χ1n) is 9.26. The lowest BCUT2D eigenvalue weighted by Gasteiger charge is -2.11. The molecule has 0 saturated heterocycles. The Labute approximate surface area is 192 Å². The number of allylic oxidation sites excluding steroid dienone is 1. The zero-order valence-electron chi connectivity index (χ0n) is 16.3. The van der Waals surface area contributed by atoms with Crippen LogP contribution in [0, 0.1) is 6.92 Å². The fraction of sp³-hybridized carbons (Fsp3) is 0.0833. The van der Waals surface area contributed by atoms with Gasteiger partial charge in [0.1, 0.15) is 5.75 Å². The number of carbonyl (C=O) groups is 1. The minimum absolute atomic E-state index is 0.144. The van der Waals surface area contributed by atoms with Crippen molar-refractivity contribution in [3.8, 4) is 5.75 Å². The van der Waals surface area contributed by atoms with Crippen molar-refractivity contribution < 1.29 is 9.53 Å². The maximum Gasteiger partial charge on any atom is 0.277 e. The molecule has 0 aromatic heterocycles. The molecular formula is C24H20Br2N2O2. The molecule has 3 aromatic rings. The van der Waals surface area contributed by atoms with Crippen molar-refractivity contribution in [2.45, 2.75) is 6.92 Å². The molecule has 0 saturated carbocycles. The third-order valence-electron chi connectivity index (χ3n) is 4.15. The van der Waals surface area contributed by atoms with Gasteiger partial charge in [0, 0.05) is 10.0 Å². The zero-order chi connectivity index (χ0) is 21.3. The van der Waals surface area contributed by atoms with Crippen LogP contribution in [0.15, 0.2) is 92.9 Å². The number of hydrogen-bond acceptors (Lipinski definition) is 3. The SMILES string of the molecule is Cc1cc(Br)cc(Br)c1OCC(=O)NN=C(C=Cc1ccccc1)c1ccccc1. The second-order valence-corrected chi connectivity index (χ2v) is 8.23. The summed E-state index contributed by atoms with van der Waals surface area (Å²) < 4.78 is 7.40. The lowest BCUT2D eigenvalue weighted by molar-refractivity contribution is -0.123. The van der Waals surface area contributed by atoms with Gasteiger partial charge in [-0.25, -0.2) is 5.43 Å². The van der Waals surface area contributed by atoms with E-state index < -0.39 is 0 Å². The molecule has 3 rings (SSSR count). The van der Waals surface area contributed by atoms with E-state index in [-0.39, 0.29) is 12.5 Å². The van der Waals surface area contributed by atoms with Crippen LogP contribution in [0.25, 0.3) is 6.08 Å². The van der Waals surface area contributed by atoms with Crippen molar-refractivity contribution in [3.63, 3.8) is 0 Å². The fourth-order valence-electron chi connectivity index (χ4n) is 2.71. The number of nitrogens with one attached hydrogen (secondary N) is 1. The van der Waals surface area contributed by atoms with E-state index in [1.54, 1.807) is 0 Å². The monoisotopic (exact) mass is 526 g/mol. The highest BCUT2D eigenvalue weighted by molar-refractivity contribution is 9.11. The summed E-state index contributed by atoms with van der Waals surface area (Å²) in [6, 6.07) is 23.4. The zero-order valence-corrected chi connectivity index (χ0v) is 19.5. The molecule has 0 atom stereocenters. The predicted octanol–water partition coefficient (Wildman–Crippen LogP) is 6.13. The Morgan fingerprint density at radius 2 is 1.70 bits per heavy atom. The molecule has 0 aliphatic carbocycles. The molecule has 152 valence electrons. The second-order valence-electron chi connectivity index (χ2n) is 6.46. The van der Waals surface area contributed by atoms with Crippen LogP contribution in [0.4, 0.5) is 0 Å². The first-order valence-corrected chi connectivity index (χ1v) is 10.8. The summed E-state index contributed by atoms with van der Waals surface area (Å²) >= 11 is 6.89. The van der Waals surface area contributed by atoms with Crippen molar-refractivity contribution in [1.29, 1.82) is 0 Å². The Morgan fingerprint density at radius 1 is 1.03 bits per heavy atom. The van der Waals surface area contributed by atoms with E-state index in [1.165, 1.54) is 0 Å². The van der Waals surface area contributed by atoms with Gasteiger partial charge < -0.3 is 4.74 Å². The third-order valence-corrected chi connectivity index (χ3v) is 5.19. The van der Waals surface area contributed by atoms with Crippen LogP contribution in [0.3, 0.4) is 0 Å². The van der Waals surface area contributed by atoms with Gasteiger partial charge in [-0.1, -0.05) is 82.7 Å². The van der Waals surface area contributed by atoms with Crippen LogP contribution >= 0.6 is 31.9 Å². The molecular weight excluding hydrogens is 508 g/mol. The summed E-state index contributed by atoms with van der Waals surface area (Å²) in [5.41, 5.74) is 6.10. The number of aryl methyl sites for hydroxylation is 1. The lowest BCUT2D eigenvalue weighted by Crippen LogP contribution is -2.26. The van der Waals surface area contributed by atoms with Crippen LogP contribution in [0.1, 0.15) is 16.7 Å². The molecule has 0 aliphatic rings. The number of nitrogens with zero attached hydrogens (tertiary/aromatic N) is 1. The highest BCUT2D eigenvalue weighted by Gasteiger charge is 2.10. The molecule has 0 heterocycles. The Bertz CT molecular complexity index is 1040. The largest absolute Gasteiger partial charge is 0.482 e. The Kier molecular flexibility index (Phi) is 7.99. The quantitative estimate of drug-likeness (QED) is 0.296. The van der Waals surface area contributed by atoms with Crippen molar-refractivity contribution in [2.75, 3.05) is 6.61 Å². The normalized spacial score (nSPS) is 11.5. The molecule has 3 aromatic carbocycles. The van der Waals surface area contributed by atoms with Crippen LogP contribution in [-0.2, 0) is 4.79 Å². The van der Waals surface area contributed by atoms with E-state index in [9.17, 15) is 4.79 Å². The Morgan fingerprint density at radius 3 is 2.37 bits per heavy atom. The maximum atomic E-state index is 12.3. The first kappa shape index (κ1) is 22.0. The molecule has 0 radical (unpaired) electrons. The molecule has 0 spiro atoms. The topological polar surface area (TPSA) is 50.7 Å². The number of hydrogen-bond donors (Lipinski definition) is 1. The molecule has 1 N–H and O–H groups in total. The minimum atomic E-state index is -0.342. The number of benzene rings is 3. The van der Waals surface area contributed by atoms with E-state index in [4.69, 9.17) is 4.74 Å². The van der Waals surface area contributed by atoms with Gasteiger partial charge in [0.2, 0.25) is 0 Å². The highest BCUT2D eigenvalue weighted by atomic mass is 79.9. The van der Waals surface area contributed by atoms with Gasteiger partial charge in [0.25, 0.3) is 5.91 Å². The predicted molar refractivity (Wildman–Crippen MR) is 129 cm³/mol. The maximum absolute atomic E-state index is 12.3. The molecule has 4 nitrogen and oxygen atoms in total. The van der Waals surface area contributed by atoms with Gasteiger partial charge in [-0.15, -0.1) is 0 Å². The number of amides is 1. The summed E-state index contributed by atoms with van der Waals surface area (Å²) in [6.45, 7) is 1.78.